The zero-order valence-electron chi connectivity index (χ0n) is 12.8. The van der Waals surface area contributed by atoms with E-state index < -0.39 is 12.8 Å². The highest BCUT2D eigenvalue weighted by atomic mass is 19.4. The Bertz CT molecular complexity index is 461. The van der Waals surface area contributed by atoms with Gasteiger partial charge in [0, 0.05) is 18.2 Å². The van der Waals surface area contributed by atoms with E-state index in [1.54, 1.807) is 14.2 Å². The van der Waals surface area contributed by atoms with Crippen LogP contribution in [0.2, 0.25) is 0 Å². The summed E-state index contributed by atoms with van der Waals surface area (Å²) in [5, 5.41) is 3.10. The lowest BCUT2D eigenvalue weighted by Gasteiger charge is -2.21. The number of hydrogen-bond donors (Lipinski definition) is 1. The average molecular weight is 305 g/mol. The fourth-order valence-electron chi connectivity index (χ4n) is 2.20. The van der Waals surface area contributed by atoms with E-state index in [1.807, 2.05) is 26.0 Å². The standard InChI is InChI=1S/C15H22F3NO2/c1-10-5-6-12(14(20-4)11(10)2)13(19-3)7-8-21-9-15(16,17)18/h5-6,13,19H,7-9H2,1-4H3. The topological polar surface area (TPSA) is 30.5 Å². The Labute approximate surface area is 123 Å². The number of halogens is 3. The largest absolute Gasteiger partial charge is 0.496 e. The van der Waals surface area contributed by atoms with Crippen LogP contribution in [0.5, 0.6) is 5.75 Å². The van der Waals surface area contributed by atoms with E-state index in [4.69, 9.17) is 4.74 Å². The zero-order valence-corrected chi connectivity index (χ0v) is 12.8. The quantitative estimate of drug-likeness (QED) is 0.782. The van der Waals surface area contributed by atoms with Gasteiger partial charge >= 0.3 is 6.18 Å². The van der Waals surface area contributed by atoms with E-state index in [0.29, 0.717) is 6.42 Å². The highest BCUT2D eigenvalue weighted by Crippen LogP contribution is 2.32. The molecule has 1 aromatic carbocycles. The molecule has 6 heteroatoms. The first-order chi connectivity index (χ1) is 9.80. The lowest BCUT2D eigenvalue weighted by Crippen LogP contribution is -2.22. The van der Waals surface area contributed by atoms with Gasteiger partial charge in [0.05, 0.1) is 7.11 Å². The SMILES string of the molecule is CNC(CCOCC(F)(F)F)c1ccc(C)c(C)c1OC. The van der Waals surface area contributed by atoms with E-state index in [9.17, 15) is 13.2 Å². The van der Waals surface area contributed by atoms with Gasteiger partial charge < -0.3 is 14.8 Å². The molecular formula is C15H22F3NO2. The molecule has 0 heterocycles. The summed E-state index contributed by atoms with van der Waals surface area (Å²) in [5.74, 6) is 0.769. The summed E-state index contributed by atoms with van der Waals surface area (Å²) in [6.07, 6.45) is -3.85. The van der Waals surface area contributed by atoms with Crippen LogP contribution >= 0.6 is 0 Å². The van der Waals surface area contributed by atoms with E-state index >= 15 is 0 Å². The number of aryl methyl sites for hydroxylation is 1. The summed E-state index contributed by atoms with van der Waals surface area (Å²) in [4.78, 5) is 0. The van der Waals surface area contributed by atoms with Crippen LogP contribution in [-0.2, 0) is 4.74 Å². The summed E-state index contributed by atoms with van der Waals surface area (Å²) < 4.78 is 46.2. The molecule has 21 heavy (non-hydrogen) atoms. The van der Waals surface area contributed by atoms with E-state index in [1.165, 1.54) is 0 Å². The Kier molecular flexibility index (Phi) is 6.48. The monoisotopic (exact) mass is 305 g/mol. The Morgan fingerprint density at radius 3 is 2.43 bits per heavy atom. The number of benzene rings is 1. The van der Waals surface area contributed by atoms with Crippen molar-refractivity contribution < 1.29 is 22.6 Å². The number of ether oxygens (including phenoxy) is 2. The lowest BCUT2D eigenvalue weighted by molar-refractivity contribution is -0.174. The Balaban J connectivity index is 2.74. The first kappa shape index (κ1) is 17.8. The van der Waals surface area contributed by atoms with Gasteiger partial charge in [-0.25, -0.2) is 0 Å². The maximum atomic E-state index is 12.0. The minimum absolute atomic E-state index is 0.0289. The van der Waals surface area contributed by atoms with Crippen LogP contribution in [0.15, 0.2) is 12.1 Å². The summed E-state index contributed by atoms with van der Waals surface area (Å²) in [6, 6.07) is 3.80. The number of hydrogen-bond acceptors (Lipinski definition) is 3. The van der Waals surface area contributed by atoms with Crippen LogP contribution in [0.3, 0.4) is 0 Å². The molecule has 0 bridgehead atoms. The lowest BCUT2D eigenvalue weighted by atomic mass is 9.97. The summed E-state index contributed by atoms with van der Waals surface area (Å²) in [7, 11) is 3.36. The molecular weight excluding hydrogens is 283 g/mol. The van der Waals surface area contributed by atoms with Crippen molar-refractivity contribution in [3.63, 3.8) is 0 Å². The smallest absolute Gasteiger partial charge is 0.411 e. The van der Waals surface area contributed by atoms with E-state index in [2.05, 4.69) is 10.1 Å². The second-order valence-electron chi connectivity index (χ2n) is 4.93. The van der Waals surface area contributed by atoms with Crippen molar-refractivity contribution in [2.75, 3.05) is 27.4 Å². The van der Waals surface area contributed by atoms with Gasteiger partial charge in [-0.3, -0.25) is 0 Å². The molecule has 0 radical (unpaired) electrons. The molecule has 3 nitrogen and oxygen atoms in total. The van der Waals surface area contributed by atoms with Gasteiger partial charge in [-0.2, -0.15) is 13.2 Å². The minimum atomic E-state index is -4.28. The first-order valence-corrected chi connectivity index (χ1v) is 6.76. The van der Waals surface area contributed by atoms with Gasteiger partial charge in [-0.15, -0.1) is 0 Å². The van der Waals surface area contributed by atoms with Crippen LogP contribution in [0.25, 0.3) is 0 Å². The molecule has 0 aromatic heterocycles. The van der Waals surface area contributed by atoms with Crippen LogP contribution in [0.4, 0.5) is 13.2 Å². The average Bonchev–Trinajstić information content (AvgIpc) is 2.41. The van der Waals surface area contributed by atoms with Gasteiger partial charge in [-0.1, -0.05) is 12.1 Å². The molecule has 0 aliphatic carbocycles. The van der Waals surface area contributed by atoms with Crippen molar-refractivity contribution in [1.29, 1.82) is 0 Å². The molecule has 0 fully saturated rings. The number of nitrogens with one attached hydrogen (secondary N) is 1. The van der Waals surface area contributed by atoms with E-state index in [0.717, 1.165) is 22.4 Å². The van der Waals surface area contributed by atoms with E-state index in [-0.39, 0.29) is 12.6 Å². The second kappa shape index (κ2) is 7.66. The molecule has 1 aromatic rings. The summed E-state index contributed by atoms with van der Waals surface area (Å²) in [6.45, 7) is 2.77. The Morgan fingerprint density at radius 2 is 1.90 bits per heavy atom. The van der Waals surface area contributed by atoms with Crippen molar-refractivity contribution in [3.05, 3.63) is 28.8 Å². The highest BCUT2D eigenvalue weighted by molar-refractivity contribution is 5.46. The third-order valence-electron chi connectivity index (χ3n) is 3.45. The molecule has 0 amide bonds. The Hall–Kier alpha value is -1.27. The van der Waals surface area contributed by atoms with Gasteiger partial charge in [-0.05, 0) is 38.4 Å². The van der Waals surface area contributed by atoms with Crippen molar-refractivity contribution in [2.45, 2.75) is 32.5 Å². The first-order valence-electron chi connectivity index (χ1n) is 6.76. The maximum Gasteiger partial charge on any atom is 0.411 e. The van der Waals surface area contributed by atoms with Gasteiger partial charge in [0.2, 0.25) is 0 Å². The number of methoxy groups -OCH3 is 1. The van der Waals surface area contributed by atoms with Crippen LogP contribution in [-0.4, -0.2) is 33.5 Å². The van der Waals surface area contributed by atoms with Gasteiger partial charge in [0.25, 0.3) is 0 Å². The Morgan fingerprint density at radius 1 is 1.24 bits per heavy atom. The molecule has 1 unspecified atom stereocenters. The van der Waals surface area contributed by atoms with Gasteiger partial charge in [0.15, 0.2) is 0 Å². The second-order valence-corrected chi connectivity index (χ2v) is 4.93. The van der Waals surface area contributed by atoms with Crippen LogP contribution in [0, 0.1) is 13.8 Å². The fourth-order valence-corrected chi connectivity index (χ4v) is 2.20. The normalized spacial score (nSPS) is 13.3. The predicted octanol–water partition coefficient (Wildman–Crippen LogP) is 3.54. The third kappa shape index (κ3) is 5.21. The van der Waals surface area contributed by atoms with Crippen molar-refractivity contribution >= 4 is 0 Å². The highest BCUT2D eigenvalue weighted by Gasteiger charge is 2.27. The zero-order chi connectivity index (χ0) is 16.0. The van der Waals surface area contributed by atoms with Crippen molar-refractivity contribution in [1.82, 2.24) is 5.32 Å². The molecule has 1 N–H and O–H groups in total. The number of rotatable bonds is 7. The maximum absolute atomic E-state index is 12.0. The molecule has 0 spiro atoms. The molecule has 0 aliphatic rings. The molecule has 1 atom stereocenters. The molecule has 1 rings (SSSR count). The predicted molar refractivity (Wildman–Crippen MR) is 75.8 cm³/mol. The third-order valence-corrected chi connectivity index (χ3v) is 3.45. The summed E-state index contributed by atoms with van der Waals surface area (Å²) in [5.41, 5.74) is 3.07. The molecule has 0 saturated carbocycles. The minimum Gasteiger partial charge on any atom is -0.496 e. The molecule has 0 saturated heterocycles. The van der Waals surface area contributed by atoms with Crippen LogP contribution in [0.1, 0.15) is 29.2 Å². The van der Waals surface area contributed by atoms with Gasteiger partial charge in [0.1, 0.15) is 12.4 Å². The molecule has 0 aliphatic heterocycles. The molecule has 120 valence electrons. The number of alkyl halides is 3. The van der Waals surface area contributed by atoms with Crippen molar-refractivity contribution in [2.24, 2.45) is 0 Å². The fraction of sp³-hybridized carbons (Fsp3) is 0.600. The van der Waals surface area contributed by atoms with Crippen molar-refractivity contribution in [3.8, 4) is 5.75 Å². The van der Waals surface area contributed by atoms with Crippen LogP contribution < -0.4 is 10.1 Å². The summed E-state index contributed by atoms with van der Waals surface area (Å²) >= 11 is 0.